The summed E-state index contributed by atoms with van der Waals surface area (Å²) in [6.45, 7) is 0. The topological polar surface area (TPSA) is 46.5 Å². The zero-order valence-corrected chi connectivity index (χ0v) is 16.0. The molecule has 0 saturated heterocycles. The third-order valence-corrected chi connectivity index (χ3v) is 5.11. The van der Waals surface area contributed by atoms with Crippen molar-refractivity contribution in [1.82, 2.24) is 19.7 Å². The molecular formula is C22H12F6N4. The number of pyridine rings is 1. The van der Waals surface area contributed by atoms with E-state index in [1.54, 1.807) is 30.3 Å². The average molecular weight is 446 g/mol. The first-order valence-electron chi connectivity index (χ1n) is 9.34. The number of hydrogen-bond donors (Lipinski definition) is 1. The molecule has 2 aromatic carbocycles. The minimum absolute atomic E-state index is 0.0732. The molecule has 3 aromatic heterocycles. The number of halogens is 6. The SMILES string of the molecule is FC(F)(F)c1cc(-c2cccc(-n3c4ccccc4c4cccc(C(F)(F)F)c43)n2)n[nH]1. The van der Waals surface area contributed by atoms with E-state index >= 15 is 0 Å². The number of aromatic nitrogens is 4. The second-order valence-electron chi connectivity index (χ2n) is 7.10. The smallest absolute Gasteiger partial charge is 0.293 e. The fourth-order valence-corrected chi connectivity index (χ4v) is 3.77. The van der Waals surface area contributed by atoms with E-state index in [1.165, 1.54) is 28.8 Å². The van der Waals surface area contributed by atoms with E-state index in [9.17, 15) is 26.3 Å². The van der Waals surface area contributed by atoms with Gasteiger partial charge in [-0.2, -0.15) is 31.4 Å². The fourth-order valence-electron chi connectivity index (χ4n) is 3.77. The van der Waals surface area contributed by atoms with Gasteiger partial charge in [0, 0.05) is 10.8 Å². The molecule has 162 valence electrons. The van der Waals surface area contributed by atoms with Crippen molar-refractivity contribution in [3.63, 3.8) is 0 Å². The van der Waals surface area contributed by atoms with E-state index < -0.39 is 23.6 Å². The van der Waals surface area contributed by atoms with Crippen LogP contribution in [0.4, 0.5) is 26.3 Å². The molecule has 0 unspecified atom stereocenters. The van der Waals surface area contributed by atoms with Crippen LogP contribution < -0.4 is 0 Å². The molecule has 5 rings (SSSR count). The molecule has 0 bridgehead atoms. The molecule has 0 spiro atoms. The Hall–Kier alpha value is -3.82. The second kappa shape index (κ2) is 6.84. The number of rotatable bonds is 2. The zero-order chi connectivity index (χ0) is 22.7. The molecule has 4 nitrogen and oxygen atoms in total. The number of aromatic amines is 1. The summed E-state index contributed by atoms with van der Waals surface area (Å²) in [5.41, 5.74) is -1.46. The maximum atomic E-state index is 13.8. The predicted molar refractivity (Wildman–Crippen MR) is 106 cm³/mol. The molecule has 32 heavy (non-hydrogen) atoms. The Bertz CT molecular complexity index is 1460. The first-order chi connectivity index (χ1) is 15.1. The van der Waals surface area contributed by atoms with Crippen molar-refractivity contribution in [2.24, 2.45) is 0 Å². The summed E-state index contributed by atoms with van der Waals surface area (Å²) in [4.78, 5) is 4.35. The number of nitrogens with one attached hydrogen (secondary N) is 1. The average Bonchev–Trinajstić information content (AvgIpc) is 3.36. The fraction of sp³-hybridized carbons (Fsp3) is 0.0909. The highest BCUT2D eigenvalue weighted by Gasteiger charge is 2.35. The lowest BCUT2D eigenvalue weighted by Gasteiger charge is -2.13. The van der Waals surface area contributed by atoms with Crippen molar-refractivity contribution in [3.05, 3.63) is 78.0 Å². The molecule has 0 fully saturated rings. The van der Waals surface area contributed by atoms with E-state index in [0.717, 1.165) is 12.1 Å². The molecule has 0 aliphatic heterocycles. The number of H-pyrrole nitrogens is 1. The van der Waals surface area contributed by atoms with Gasteiger partial charge >= 0.3 is 12.4 Å². The van der Waals surface area contributed by atoms with Gasteiger partial charge in [0.25, 0.3) is 0 Å². The molecule has 0 saturated carbocycles. The summed E-state index contributed by atoms with van der Waals surface area (Å²) in [5, 5.41) is 6.56. The van der Waals surface area contributed by atoms with Crippen LogP contribution in [0.1, 0.15) is 11.3 Å². The van der Waals surface area contributed by atoms with Gasteiger partial charge < -0.3 is 0 Å². The van der Waals surface area contributed by atoms with Crippen LogP contribution in [-0.2, 0) is 12.4 Å². The van der Waals surface area contributed by atoms with Crippen molar-refractivity contribution in [1.29, 1.82) is 0 Å². The molecule has 0 amide bonds. The van der Waals surface area contributed by atoms with E-state index in [-0.39, 0.29) is 22.7 Å². The molecule has 10 heteroatoms. The first kappa shape index (κ1) is 20.1. The van der Waals surface area contributed by atoms with Crippen molar-refractivity contribution >= 4 is 21.8 Å². The van der Waals surface area contributed by atoms with Crippen LogP contribution in [0.25, 0.3) is 39.0 Å². The number of alkyl halides is 6. The van der Waals surface area contributed by atoms with E-state index in [0.29, 0.717) is 16.3 Å². The van der Waals surface area contributed by atoms with Crippen LogP contribution in [0, 0.1) is 0 Å². The van der Waals surface area contributed by atoms with Crippen molar-refractivity contribution in [2.45, 2.75) is 12.4 Å². The highest BCUT2D eigenvalue weighted by atomic mass is 19.4. The summed E-state index contributed by atoms with van der Waals surface area (Å²) in [6, 6.07) is 16.0. The summed E-state index contributed by atoms with van der Waals surface area (Å²) < 4.78 is 81.7. The summed E-state index contributed by atoms with van der Waals surface area (Å²) in [6.07, 6.45) is -9.23. The van der Waals surface area contributed by atoms with Crippen LogP contribution in [-0.4, -0.2) is 19.7 Å². The second-order valence-corrected chi connectivity index (χ2v) is 7.10. The summed E-state index contributed by atoms with van der Waals surface area (Å²) in [7, 11) is 0. The van der Waals surface area contributed by atoms with Crippen LogP contribution in [0.2, 0.25) is 0 Å². The van der Waals surface area contributed by atoms with Gasteiger partial charge in [-0.1, -0.05) is 36.4 Å². The number of fused-ring (bicyclic) bond motifs is 3. The van der Waals surface area contributed by atoms with Gasteiger partial charge in [0.2, 0.25) is 0 Å². The van der Waals surface area contributed by atoms with Crippen LogP contribution in [0.3, 0.4) is 0 Å². The Morgan fingerprint density at radius 2 is 1.44 bits per heavy atom. The predicted octanol–water partition coefficient (Wildman–Crippen LogP) is 6.61. The number of benzene rings is 2. The molecule has 0 aliphatic carbocycles. The van der Waals surface area contributed by atoms with Gasteiger partial charge in [-0.15, -0.1) is 0 Å². The molecular weight excluding hydrogens is 434 g/mol. The van der Waals surface area contributed by atoms with E-state index in [4.69, 9.17) is 0 Å². The quantitative estimate of drug-likeness (QED) is 0.310. The van der Waals surface area contributed by atoms with E-state index in [2.05, 4.69) is 10.1 Å². The Balaban J connectivity index is 1.78. The van der Waals surface area contributed by atoms with E-state index in [1.807, 2.05) is 5.10 Å². The number of para-hydroxylation sites is 2. The lowest BCUT2D eigenvalue weighted by molar-refractivity contribution is -0.141. The maximum Gasteiger partial charge on any atom is 0.432 e. The maximum absolute atomic E-state index is 13.8. The molecule has 1 N–H and O–H groups in total. The van der Waals surface area contributed by atoms with Gasteiger partial charge in [-0.05, 0) is 30.3 Å². The minimum atomic E-state index is -4.62. The molecule has 0 radical (unpaired) electrons. The van der Waals surface area contributed by atoms with Crippen molar-refractivity contribution in [2.75, 3.05) is 0 Å². The van der Waals surface area contributed by atoms with Gasteiger partial charge in [0.1, 0.15) is 17.2 Å². The lowest BCUT2D eigenvalue weighted by Crippen LogP contribution is -2.08. The molecule has 0 atom stereocenters. The summed E-state index contributed by atoms with van der Waals surface area (Å²) in [5.74, 6) is 0.127. The molecule has 3 heterocycles. The van der Waals surface area contributed by atoms with Crippen molar-refractivity contribution in [3.8, 4) is 17.2 Å². The van der Waals surface area contributed by atoms with Crippen LogP contribution in [0.5, 0.6) is 0 Å². The zero-order valence-electron chi connectivity index (χ0n) is 16.0. The third kappa shape index (κ3) is 3.19. The molecule has 5 aromatic rings. The highest BCUT2D eigenvalue weighted by Crippen LogP contribution is 2.40. The number of nitrogens with zero attached hydrogens (tertiary/aromatic N) is 3. The van der Waals surface area contributed by atoms with Gasteiger partial charge in [-0.3, -0.25) is 9.67 Å². The Morgan fingerprint density at radius 1 is 0.719 bits per heavy atom. The summed E-state index contributed by atoms with van der Waals surface area (Å²) >= 11 is 0. The van der Waals surface area contributed by atoms with Crippen LogP contribution in [0.15, 0.2) is 66.7 Å². The minimum Gasteiger partial charge on any atom is -0.293 e. The normalized spacial score (nSPS) is 12.7. The highest BCUT2D eigenvalue weighted by molar-refractivity contribution is 6.10. The Labute approximate surface area is 176 Å². The largest absolute Gasteiger partial charge is 0.432 e. The first-order valence-corrected chi connectivity index (χ1v) is 9.34. The van der Waals surface area contributed by atoms with Crippen LogP contribution >= 0.6 is 0 Å². The van der Waals surface area contributed by atoms with Gasteiger partial charge in [0.15, 0.2) is 0 Å². The Morgan fingerprint density at radius 3 is 2.16 bits per heavy atom. The van der Waals surface area contributed by atoms with Gasteiger partial charge in [-0.25, -0.2) is 4.98 Å². The standard InChI is InChI=1S/C22H12F6N4/c23-21(24,25)14-7-3-6-13-12-5-1-2-9-17(12)32(20(13)14)19-10-4-8-15(29-19)16-11-18(31-30-16)22(26,27)28/h1-11H,(H,30,31). The lowest BCUT2D eigenvalue weighted by atomic mass is 10.1. The monoisotopic (exact) mass is 446 g/mol. The van der Waals surface area contributed by atoms with Gasteiger partial charge in [0.05, 0.1) is 22.3 Å². The third-order valence-electron chi connectivity index (χ3n) is 5.11. The Kier molecular flexibility index (Phi) is 4.30. The number of hydrogen-bond acceptors (Lipinski definition) is 2. The molecule has 0 aliphatic rings. The van der Waals surface area contributed by atoms with Crippen molar-refractivity contribution < 1.29 is 26.3 Å².